The molecule has 0 unspecified atom stereocenters. The molecule has 0 saturated carbocycles. The van der Waals surface area contributed by atoms with Gasteiger partial charge in [-0.05, 0) is 43.3 Å². The summed E-state index contributed by atoms with van der Waals surface area (Å²) in [5, 5.41) is 8.82. The third-order valence-electron chi connectivity index (χ3n) is 2.56. The minimum absolute atomic E-state index is 0.0448. The number of aryl methyl sites for hydroxylation is 1. The van der Waals surface area contributed by atoms with Crippen molar-refractivity contribution >= 4 is 33.5 Å². The lowest BCUT2D eigenvalue weighted by Gasteiger charge is -2.01. The molecule has 1 aromatic carbocycles. The summed E-state index contributed by atoms with van der Waals surface area (Å²) in [5.74, 6) is -0.430. The number of carbonyl (C=O) groups is 1. The van der Waals surface area contributed by atoms with Gasteiger partial charge >= 0.3 is 0 Å². The van der Waals surface area contributed by atoms with E-state index in [0.29, 0.717) is 5.56 Å². The van der Waals surface area contributed by atoms with Gasteiger partial charge in [0.2, 0.25) is 10.0 Å². The van der Waals surface area contributed by atoms with Gasteiger partial charge in [-0.2, -0.15) is 5.10 Å². The number of nitrogens with two attached hydrogens (primary N) is 1. The predicted molar refractivity (Wildman–Crippen MR) is 81.9 cm³/mol. The molecule has 0 fully saturated rings. The van der Waals surface area contributed by atoms with Crippen LogP contribution < -0.4 is 10.6 Å². The fourth-order valence-corrected chi connectivity index (χ4v) is 2.80. The van der Waals surface area contributed by atoms with Crippen LogP contribution in [-0.2, 0) is 10.0 Å². The van der Waals surface area contributed by atoms with Crippen LogP contribution in [0.25, 0.3) is 0 Å². The first-order valence-corrected chi connectivity index (χ1v) is 8.25. The third kappa shape index (κ3) is 4.22. The van der Waals surface area contributed by atoms with Crippen LogP contribution in [0.2, 0.25) is 0 Å². The molecule has 21 heavy (non-hydrogen) atoms. The monoisotopic (exact) mass is 323 g/mol. The average molecular weight is 323 g/mol. The second-order valence-electron chi connectivity index (χ2n) is 4.22. The van der Waals surface area contributed by atoms with E-state index in [1.807, 2.05) is 19.1 Å². The van der Waals surface area contributed by atoms with Crippen molar-refractivity contribution in [3.8, 4) is 0 Å². The van der Waals surface area contributed by atoms with E-state index < -0.39 is 15.9 Å². The third-order valence-corrected chi connectivity index (χ3v) is 4.43. The summed E-state index contributed by atoms with van der Waals surface area (Å²) >= 11 is 1.56. The Bertz CT molecular complexity index is 777. The van der Waals surface area contributed by atoms with Gasteiger partial charge in [0.1, 0.15) is 0 Å². The molecule has 0 saturated heterocycles. The van der Waals surface area contributed by atoms with E-state index in [-0.39, 0.29) is 4.90 Å². The van der Waals surface area contributed by atoms with Gasteiger partial charge in [0.25, 0.3) is 5.91 Å². The number of primary sulfonamides is 1. The molecule has 0 atom stereocenters. The zero-order valence-corrected chi connectivity index (χ0v) is 12.7. The molecule has 0 bridgehead atoms. The highest BCUT2D eigenvalue weighted by atomic mass is 32.2. The normalized spacial score (nSPS) is 11.7. The molecular weight excluding hydrogens is 310 g/mol. The summed E-state index contributed by atoms with van der Waals surface area (Å²) in [7, 11) is -3.76. The summed E-state index contributed by atoms with van der Waals surface area (Å²) in [6.45, 7) is 1.98. The summed E-state index contributed by atoms with van der Waals surface area (Å²) in [6.07, 6.45) is 1.55. The first-order chi connectivity index (χ1) is 9.86. The molecular formula is C13H13N3O3S2. The molecule has 3 N–H and O–H groups in total. The van der Waals surface area contributed by atoms with Crippen LogP contribution in [0, 0.1) is 6.92 Å². The topological polar surface area (TPSA) is 102 Å². The fraction of sp³-hybridized carbons (Fsp3) is 0.0769. The van der Waals surface area contributed by atoms with Crippen molar-refractivity contribution in [2.45, 2.75) is 11.8 Å². The molecule has 8 heteroatoms. The fourth-order valence-electron chi connectivity index (χ4n) is 1.54. The zero-order valence-electron chi connectivity index (χ0n) is 11.1. The van der Waals surface area contributed by atoms with E-state index in [0.717, 1.165) is 9.75 Å². The molecule has 1 aromatic heterocycles. The van der Waals surface area contributed by atoms with Crippen LogP contribution in [0.5, 0.6) is 0 Å². The molecule has 2 rings (SSSR count). The summed E-state index contributed by atoms with van der Waals surface area (Å²) < 4.78 is 22.2. The van der Waals surface area contributed by atoms with Crippen molar-refractivity contribution in [3.63, 3.8) is 0 Å². The Balaban J connectivity index is 2.02. The van der Waals surface area contributed by atoms with Gasteiger partial charge in [-0.3, -0.25) is 4.79 Å². The Labute approximate surface area is 126 Å². The largest absolute Gasteiger partial charge is 0.271 e. The van der Waals surface area contributed by atoms with Gasteiger partial charge in [0.15, 0.2) is 0 Å². The second-order valence-corrected chi connectivity index (χ2v) is 7.10. The van der Waals surface area contributed by atoms with Crippen molar-refractivity contribution in [1.82, 2.24) is 5.43 Å². The lowest BCUT2D eigenvalue weighted by Crippen LogP contribution is -2.18. The lowest BCUT2D eigenvalue weighted by molar-refractivity contribution is 0.0955. The number of hydrogen-bond donors (Lipinski definition) is 2. The molecule has 1 amide bonds. The van der Waals surface area contributed by atoms with Crippen molar-refractivity contribution in [2.75, 3.05) is 0 Å². The van der Waals surface area contributed by atoms with Gasteiger partial charge < -0.3 is 0 Å². The van der Waals surface area contributed by atoms with Crippen LogP contribution in [0.15, 0.2) is 46.4 Å². The summed E-state index contributed by atoms with van der Waals surface area (Å²) in [6, 6.07) is 9.16. The van der Waals surface area contributed by atoms with Crippen LogP contribution in [0.4, 0.5) is 0 Å². The van der Waals surface area contributed by atoms with E-state index in [2.05, 4.69) is 10.5 Å². The number of carbonyl (C=O) groups excluding carboxylic acids is 1. The zero-order chi connectivity index (χ0) is 15.5. The number of rotatable bonds is 4. The molecule has 0 aliphatic rings. The maximum atomic E-state index is 11.8. The highest BCUT2D eigenvalue weighted by Crippen LogP contribution is 2.12. The van der Waals surface area contributed by atoms with E-state index in [9.17, 15) is 13.2 Å². The molecule has 1 heterocycles. The summed E-state index contributed by atoms with van der Waals surface area (Å²) in [4.78, 5) is 13.8. The van der Waals surface area contributed by atoms with Gasteiger partial charge in [-0.1, -0.05) is 0 Å². The number of nitrogens with one attached hydrogen (secondary N) is 1. The Morgan fingerprint density at radius 3 is 2.43 bits per heavy atom. The number of hydrazone groups is 1. The maximum absolute atomic E-state index is 11.8. The highest BCUT2D eigenvalue weighted by molar-refractivity contribution is 7.89. The van der Waals surface area contributed by atoms with Crippen molar-refractivity contribution in [3.05, 3.63) is 51.7 Å². The first-order valence-electron chi connectivity index (χ1n) is 5.89. The van der Waals surface area contributed by atoms with Crippen LogP contribution in [0.3, 0.4) is 0 Å². The van der Waals surface area contributed by atoms with Crippen LogP contribution >= 0.6 is 11.3 Å². The van der Waals surface area contributed by atoms with E-state index >= 15 is 0 Å². The number of sulfonamides is 1. The maximum Gasteiger partial charge on any atom is 0.271 e. The van der Waals surface area contributed by atoms with Gasteiger partial charge in [0, 0.05) is 15.3 Å². The molecule has 110 valence electrons. The minimum Gasteiger partial charge on any atom is -0.267 e. The van der Waals surface area contributed by atoms with Crippen molar-refractivity contribution in [1.29, 1.82) is 0 Å². The number of nitrogens with zero attached hydrogens (tertiary/aromatic N) is 1. The number of thiophene rings is 1. The van der Waals surface area contributed by atoms with Gasteiger partial charge in [0.05, 0.1) is 11.1 Å². The minimum atomic E-state index is -3.76. The lowest BCUT2D eigenvalue weighted by atomic mass is 10.2. The first kappa shape index (κ1) is 15.4. The van der Waals surface area contributed by atoms with E-state index in [1.165, 1.54) is 24.3 Å². The number of amides is 1. The standard InChI is InChI=1S/C13H13N3O3S2/c1-9-2-5-11(20-9)8-15-16-13(17)10-3-6-12(7-4-10)21(14,18)19/h2-8H,1H3,(H,16,17)(H2,14,18,19)/b15-8+. The van der Waals surface area contributed by atoms with Crippen molar-refractivity contribution in [2.24, 2.45) is 10.2 Å². The van der Waals surface area contributed by atoms with Gasteiger partial charge in [-0.15, -0.1) is 11.3 Å². The van der Waals surface area contributed by atoms with E-state index in [4.69, 9.17) is 5.14 Å². The quantitative estimate of drug-likeness (QED) is 0.658. The number of hydrogen-bond acceptors (Lipinski definition) is 5. The Kier molecular flexibility index (Phi) is 4.51. The predicted octanol–water partition coefficient (Wildman–Crippen LogP) is 1.47. The molecule has 2 aromatic rings. The smallest absolute Gasteiger partial charge is 0.267 e. The van der Waals surface area contributed by atoms with Gasteiger partial charge in [-0.25, -0.2) is 19.0 Å². The molecule has 0 aliphatic heterocycles. The Hall–Kier alpha value is -2.03. The van der Waals surface area contributed by atoms with Crippen LogP contribution in [0.1, 0.15) is 20.1 Å². The van der Waals surface area contributed by atoms with E-state index in [1.54, 1.807) is 17.6 Å². The SMILES string of the molecule is Cc1ccc(/C=N/NC(=O)c2ccc(S(N)(=O)=O)cc2)s1. The molecule has 0 radical (unpaired) electrons. The molecule has 6 nitrogen and oxygen atoms in total. The second kappa shape index (κ2) is 6.17. The molecule has 0 aliphatic carbocycles. The Morgan fingerprint density at radius 1 is 1.24 bits per heavy atom. The summed E-state index contributed by atoms with van der Waals surface area (Å²) in [5.41, 5.74) is 2.66. The molecule has 0 spiro atoms. The average Bonchev–Trinajstić information content (AvgIpc) is 2.83. The highest BCUT2D eigenvalue weighted by Gasteiger charge is 2.09. The van der Waals surface area contributed by atoms with Crippen molar-refractivity contribution < 1.29 is 13.2 Å². The van der Waals surface area contributed by atoms with Crippen LogP contribution in [-0.4, -0.2) is 20.5 Å². The Morgan fingerprint density at radius 2 is 1.90 bits per heavy atom. The number of benzene rings is 1.